The van der Waals surface area contributed by atoms with Gasteiger partial charge in [-0.2, -0.15) is 0 Å². The Bertz CT molecular complexity index is 1060. The van der Waals surface area contributed by atoms with E-state index in [9.17, 15) is 9.59 Å². The number of benzene rings is 2. The largest absolute Gasteiger partial charge is 0.376 e. The third-order valence-corrected chi connectivity index (χ3v) is 4.46. The molecular weight excluding hydrogens is 374 g/mol. The molecule has 144 valence electrons. The first-order valence-electron chi connectivity index (χ1n) is 8.72. The van der Waals surface area contributed by atoms with Gasteiger partial charge in [-0.05, 0) is 49.8 Å². The van der Waals surface area contributed by atoms with E-state index in [-0.39, 0.29) is 12.5 Å². The molecule has 1 heterocycles. The molecule has 7 nitrogen and oxygen atoms in total. The molecule has 0 radical (unpaired) electrons. The molecule has 2 amide bonds. The van der Waals surface area contributed by atoms with E-state index in [0.717, 1.165) is 22.5 Å². The number of nitrogens with one attached hydrogen (secondary N) is 4. The summed E-state index contributed by atoms with van der Waals surface area (Å²) in [6, 6.07) is 15.2. The summed E-state index contributed by atoms with van der Waals surface area (Å²) < 4.78 is 1.99. The van der Waals surface area contributed by atoms with Gasteiger partial charge in [0.05, 0.1) is 6.54 Å². The molecule has 1 aromatic heterocycles. The van der Waals surface area contributed by atoms with Gasteiger partial charge in [0.2, 0.25) is 0 Å². The smallest absolute Gasteiger partial charge is 0.288 e. The highest BCUT2D eigenvalue weighted by Gasteiger charge is 2.15. The number of carbonyl (C=O) groups excluding carboxylic acids is 2. The molecule has 4 N–H and O–H groups in total. The summed E-state index contributed by atoms with van der Waals surface area (Å²) in [5.74, 6) is -0.843. The summed E-state index contributed by atoms with van der Waals surface area (Å²) in [5, 5.41) is 3.05. The second kappa shape index (κ2) is 8.53. The van der Waals surface area contributed by atoms with Crippen LogP contribution in [0.15, 0.2) is 54.7 Å². The van der Waals surface area contributed by atoms with Gasteiger partial charge in [0.25, 0.3) is 11.8 Å². The zero-order valence-electron chi connectivity index (χ0n) is 15.6. The van der Waals surface area contributed by atoms with E-state index < -0.39 is 5.91 Å². The number of carbonyl (C=O) groups is 2. The van der Waals surface area contributed by atoms with E-state index in [1.54, 1.807) is 4.57 Å². The van der Waals surface area contributed by atoms with E-state index >= 15 is 0 Å². The number of imidazole rings is 1. The summed E-state index contributed by atoms with van der Waals surface area (Å²) in [6.45, 7) is 4.01. The topological polar surface area (TPSA) is 91.0 Å². The second-order valence-electron chi connectivity index (χ2n) is 6.32. The van der Waals surface area contributed by atoms with Gasteiger partial charge in [-0.15, -0.1) is 0 Å². The van der Waals surface area contributed by atoms with E-state index in [4.69, 9.17) is 12.2 Å². The fraction of sp³-hybridized carbons (Fsp3) is 0.150. The number of amides is 2. The van der Waals surface area contributed by atoms with Gasteiger partial charge in [0, 0.05) is 17.6 Å². The normalized spacial score (nSPS) is 10.4. The predicted octanol–water partition coefficient (Wildman–Crippen LogP) is 3.02. The highest BCUT2D eigenvalue weighted by Crippen LogP contribution is 2.15. The molecule has 0 atom stereocenters. The predicted molar refractivity (Wildman–Crippen MR) is 111 cm³/mol. The lowest BCUT2D eigenvalue weighted by molar-refractivity contribution is -0.120. The maximum Gasteiger partial charge on any atom is 0.288 e. The van der Waals surface area contributed by atoms with Crippen LogP contribution in [0.4, 0.5) is 5.69 Å². The van der Waals surface area contributed by atoms with Gasteiger partial charge in [-0.3, -0.25) is 25.0 Å². The molecule has 0 spiro atoms. The average Bonchev–Trinajstić information content (AvgIpc) is 3.07. The highest BCUT2D eigenvalue weighted by molar-refractivity contribution is 7.71. The summed E-state index contributed by atoms with van der Waals surface area (Å²) in [7, 11) is 0. The first kappa shape index (κ1) is 19.4. The fourth-order valence-corrected chi connectivity index (χ4v) is 3.05. The number of hydrogen-bond acceptors (Lipinski definition) is 4. The van der Waals surface area contributed by atoms with Crippen molar-refractivity contribution in [3.8, 4) is 5.69 Å². The van der Waals surface area contributed by atoms with Crippen LogP contribution in [-0.4, -0.2) is 27.9 Å². The molecule has 8 heteroatoms. The van der Waals surface area contributed by atoms with Crippen LogP contribution in [-0.2, 0) is 4.79 Å². The van der Waals surface area contributed by atoms with Gasteiger partial charge < -0.3 is 10.3 Å². The van der Waals surface area contributed by atoms with Crippen LogP contribution in [0.25, 0.3) is 5.69 Å². The Hall–Kier alpha value is -3.39. The van der Waals surface area contributed by atoms with E-state index in [2.05, 4.69) is 21.2 Å². The van der Waals surface area contributed by atoms with Crippen LogP contribution in [0.5, 0.6) is 0 Å². The van der Waals surface area contributed by atoms with Gasteiger partial charge in [-0.25, -0.2) is 0 Å². The van der Waals surface area contributed by atoms with Crippen LogP contribution in [0.1, 0.15) is 21.6 Å². The SMILES string of the molecule is Cc1ccc(NCC(=O)NNC(=O)c2c[nH]c(=S)n2-c2ccccc2)c(C)c1. The number of anilines is 1. The number of nitrogens with zero attached hydrogens (tertiary/aromatic N) is 1. The maximum atomic E-state index is 12.5. The Kier molecular flexibility index (Phi) is 5.90. The van der Waals surface area contributed by atoms with Crippen molar-refractivity contribution < 1.29 is 9.59 Å². The standard InChI is InChI=1S/C20H21N5O2S/c1-13-8-9-16(14(2)10-13)21-12-18(26)23-24-19(27)17-11-22-20(28)25(17)15-6-4-3-5-7-15/h3-11,21H,12H2,1-2H3,(H,22,28)(H,23,26)(H,24,27). The first-order valence-corrected chi connectivity index (χ1v) is 9.12. The summed E-state index contributed by atoms with van der Waals surface area (Å²) >= 11 is 5.26. The first-order chi connectivity index (χ1) is 13.5. The minimum Gasteiger partial charge on any atom is -0.376 e. The van der Waals surface area contributed by atoms with Crippen molar-refractivity contribution >= 4 is 29.7 Å². The van der Waals surface area contributed by atoms with Crippen molar-refractivity contribution in [2.45, 2.75) is 13.8 Å². The number of hydrogen-bond donors (Lipinski definition) is 4. The maximum absolute atomic E-state index is 12.5. The van der Waals surface area contributed by atoms with Gasteiger partial charge >= 0.3 is 0 Å². The lowest BCUT2D eigenvalue weighted by Gasteiger charge is -2.12. The highest BCUT2D eigenvalue weighted by atomic mass is 32.1. The fourth-order valence-electron chi connectivity index (χ4n) is 2.79. The monoisotopic (exact) mass is 395 g/mol. The second-order valence-corrected chi connectivity index (χ2v) is 6.71. The molecule has 0 fully saturated rings. The van der Waals surface area contributed by atoms with Gasteiger partial charge in [0.15, 0.2) is 4.77 Å². The van der Waals surface area contributed by atoms with Crippen molar-refractivity contribution in [1.82, 2.24) is 20.4 Å². The lowest BCUT2D eigenvalue weighted by Crippen LogP contribution is -2.44. The van der Waals surface area contributed by atoms with Crippen LogP contribution in [0, 0.1) is 18.6 Å². The number of H-pyrrole nitrogens is 1. The molecule has 0 unspecified atom stereocenters. The number of para-hydroxylation sites is 1. The van der Waals surface area contributed by atoms with E-state index in [1.165, 1.54) is 6.20 Å². The quantitative estimate of drug-likeness (QED) is 0.395. The van der Waals surface area contributed by atoms with Crippen molar-refractivity contribution in [3.05, 3.63) is 76.3 Å². The Balaban J connectivity index is 1.60. The summed E-state index contributed by atoms with van der Waals surface area (Å²) in [6.07, 6.45) is 1.50. The molecule has 3 aromatic rings. The molecule has 28 heavy (non-hydrogen) atoms. The minimum atomic E-state index is -0.476. The van der Waals surface area contributed by atoms with Crippen molar-refractivity contribution in [1.29, 1.82) is 0 Å². The lowest BCUT2D eigenvalue weighted by atomic mass is 10.1. The minimum absolute atomic E-state index is 0.0300. The van der Waals surface area contributed by atoms with Crippen molar-refractivity contribution in [3.63, 3.8) is 0 Å². The molecule has 0 aliphatic carbocycles. The molecule has 0 saturated heterocycles. The molecule has 2 aromatic carbocycles. The van der Waals surface area contributed by atoms with Crippen LogP contribution in [0.3, 0.4) is 0 Å². The number of hydrazine groups is 1. The average molecular weight is 395 g/mol. The van der Waals surface area contributed by atoms with Crippen LogP contribution >= 0.6 is 12.2 Å². The zero-order chi connectivity index (χ0) is 20.1. The number of aromatic nitrogens is 2. The van der Waals surface area contributed by atoms with Crippen LogP contribution < -0.4 is 16.2 Å². The number of rotatable bonds is 5. The molecule has 0 saturated carbocycles. The summed E-state index contributed by atoms with van der Waals surface area (Å²) in [5.41, 5.74) is 8.94. The molecule has 3 rings (SSSR count). The van der Waals surface area contributed by atoms with Gasteiger partial charge in [-0.1, -0.05) is 35.9 Å². The molecule has 0 bridgehead atoms. The van der Waals surface area contributed by atoms with Crippen molar-refractivity contribution in [2.75, 3.05) is 11.9 Å². The van der Waals surface area contributed by atoms with E-state index in [0.29, 0.717) is 10.5 Å². The van der Waals surface area contributed by atoms with E-state index in [1.807, 2.05) is 62.4 Å². The van der Waals surface area contributed by atoms with Crippen LogP contribution in [0.2, 0.25) is 0 Å². The molecular formula is C20H21N5O2S. The number of aromatic amines is 1. The zero-order valence-corrected chi connectivity index (χ0v) is 16.4. The van der Waals surface area contributed by atoms with Gasteiger partial charge in [0.1, 0.15) is 5.69 Å². The number of aryl methyl sites for hydroxylation is 2. The van der Waals surface area contributed by atoms with Crippen molar-refractivity contribution in [2.24, 2.45) is 0 Å². The Morgan fingerprint density at radius 1 is 1.07 bits per heavy atom. The Morgan fingerprint density at radius 2 is 1.82 bits per heavy atom. The molecule has 0 aliphatic rings. The Morgan fingerprint density at radius 3 is 2.54 bits per heavy atom. The third kappa shape index (κ3) is 4.47. The third-order valence-electron chi connectivity index (χ3n) is 4.16. The summed E-state index contributed by atoms with van der Waals surface area (Å²) in [4.78, 5) is 27.4. The molecule has 0 aliphatic heterocycles. The Labute approximate surface area is 167 Å².